The maximum Gasteiger partial charge on any atom is 0.256 e. The van der Waals surface area contributed by atoms with Crippen LogP contribution in [0, 0.1) is 5.92 Å². The van der Waals surface area contributed by atoms with Crippen molar-refractivity contribution in [3.05, 3.63) is 45.8 Å². The molecule has 2 N–H and O–H groups in total. The maximum atomic E-state index is 12.8. The van der Waals surface area contributed by atoms with Gasteiger partial charge in [-0.15, -0.1) is 11.3 Å². The Morgan fingerprint density at radius 1 is 1.29 bits per heavy atom. The lowest BCUT2D eigenvalue weighted by atomic mass is 9.85. The van der Waals surface area contributed by atoms with Gasteiger partial charge in [-0.3, -0.25) is 4.79 Å². The lowest BCUT2D eigenvalue weighted by Crippen LogP contribution is -2.38. The first-order valence-corrected chi connectivity index (χ1v) is 9.37. The fraction of sp³-hybridized carbons (Fsp3) is 0.421. The molecule has 2 aliphatic rings. The summed E-state index contributed by atoms with van der Waals surface area (Å²) in [5, 5.41) is 7.63. The molecule has 126 valence electrons. The third-order valence-corrected chi connectivity index (χ3v) is 6.36. The summed E-state index contributed by atoms with van der Waals surface area (Å²) in [7, 11) is 1.66. The van der Waals surface area contributed by atoms with Gasteiger partial charge in [-0.2, -0.15) is 0 Å². The molecule has 5 heteroatoms. The van der Waals surface area contributed by atoms with E-state index in [0.717, 1.165) is 40.6 Å². The van der Waals surface area contributed by atoms with Crippen molar-refractivity contribution in [2.45, 2.75) is 38.8 Å². The van der Waals surface area contributed by atoms with E-state index in [-0.39, 0.29) is 12.1 Å². The number of para-hydroxylation sites is 1. The molecule has 2 aromatic rings. The van der Waals surface area contributed by atoms with Crippen LogP contribution >= 0.6 is 11.3 Å². The van der Waals surface area contributed by atoms with Gasteiger partial charge in [0.15, 0.2) is 0 Å². The standard InChI is InChI=1S/C19H22N2O2S/c1-3-11-8-9-13-15(10-11)24-19-16(13)18(22)20-17(21-19)12-6-4-5-7-14(12)23-2/h4-7,11,17,21H,3,8-10H2,1-2H3,(H,20,22)/t11-,17+/m0/s1. The van der Waals surface area contributed by atoms with Crippen LogP contribution in [0.4, 0.5) is 5.00 Å². The molecule has 1 aromatic heterocycles. The summed E-state index contributed by atoms with van der Waals surface area (Å²) < 4.78 is 5.44. The number of nitrogens with one attached hydrogen (secondary N) is 2. The number of anilines is 1. The Morgan fingerprint density at radius 2 is 2.12 bits per heavy atom. The van der Waals surface area contributed by atoms with E-state index in [9.17, 15) is 4.79 Å². The van der Waals surface area contributed by atoms with Gasteiger partial charge in [0.25, 0.3) is 5.91 Å². The second kappa shape index (κ2) is 6.13. The van der Waals surface area contributed by atoms with Crippen molar-refractivity contribution in [3.8, 4) is 5.75 Å². The Labute approximate surface area is 146 Å². The first-order chi connectivity index (χ1) is 11.7. The summed E-state index contributed by atoms with van der Waals surface area (Å²) in [6.07, 6.45) is 4.29. The van der Waals surface area contributed by atoms with Crippen LogP contribution in [0.3, 0.4) is 0 Å². The molecule has 1 aliphatic carbocycles. The number of hydrogen-bond acceptors (Lipinski definition) is 4. The van der Waals surface area contributed by atoms with Gasteiger partial charge in [-0.1, -0.05) is 31.5 Å². The fourth-order valence-corrected chi connectivity index (χ4v) is 5.16. The molecule has 0 saturated carbocycles. The molecule has 0 saturated heterocycles. The molecular weight excluding hydrogens is 320 g/mol. The van der Waals surface area contributed by atoms with Crippen molar-refractivity contribution in [3.63, 3.8) is 0 Å². The molecule has 2 atom stereocenters. The number of amides is 1. The van der Waals surface area contributed by atoms with Crippen molar-refractivity contribution in [1.82, 2.24) is 5.32 Å². The van der Waals surface area contributed by atoms with E-state index in [1.165, 1.54) is 23.3 Å². The Hall–Kier alpha value is -2.01. The average Bonchev–Trinajstić information content (AvgIpc) is 2.99. The van der Waals surface area contributed by atoms with Crippen LogP contribution in [0.15, 0.2) is 24.3 Å². The van der Waals surface area contributed by atoms with Crippen LogP contribution in [0.1, 0.15) is 52.3 Å². The normalized spacial score (nSPS) is 22.2. The zero-order valence-corrected chi connectivity index (χ0v) is 14.8. The number of benzene rings is 1. The average molecular weight is 342 g/mol. The monoisotopic (exact) mass is 342 g/mol. The molecule has 4 nitrogen and oxygen atoms in total. The summed E-state index contributed by atoms with van der Waals surface area (Å²) in [6.45, 7) is 2.26. The van der Waals surface area contributed by atoms with Crippen LogP contribution in [0.5, 0.6) is 5.75 Å². The van der Waals surface area contributed by atoms with Crippen molar-refractivity contribution in [2.75, 3.05) is 12.4 Å². The quantitative estimate of drug-likeness (QED) is 0.882. The summed E-state index contributed by atoms with van der Waals surface area (Å²) >= 11 is 1.76. The smallest absolute Gasteiger partial charge is 0.256 e. The number of carbonyl (C=O) groups is 1. The highest BCUT2D eigenvalue weighted by atomic mass is 32.1. The van der Waals surface area contributed by atoms with Gasteiger partial charge in [0, 0.05) is 10.4 Å². The first kappa shape index (κ1) is 15.5. The highest BCUT2D eigenvalue weighted by molar-refractivity contribution is 7.16. The van der Waals surface area contributed by atoms with Crippen molar-refractivity contribution in [2.24, 2.45) is 5.92 Å². The number of hydrogen-bond donors (Lipinski definition) is 2. The molecule has 0 fully saturated rings. The van der Waals surface area contributed by atoms with Crippen LogP contribution in [0.2, 0.25) is 0 Å². The van der Waals surface area contributed by atoms with E-state index >= 15 is 0 Å². The van der Waals surface area contributed by atoms with Gasteiger partial charge in [-0.25, -0.2) is 0 Å². The lowest BCUT2D eigenvalue weighted by Gasteiger charge is -2.28. The predicted molar refractivity (Wildman–Crippen MR) is 96.9 cm³/mol. The second-order valence-corrected chi connectivity index (χ2v) is 7.62. The third kappa shape index (κ3) is 2.47. The zero-order valence-electron chi connectivity index (χ0n) is 14.0. The summed E-state index contributed by atoms with van der Waals surface area (Å²) in [6, 6.07) is 7.81. The van der Waals surface area contributed by atoms with E-state index < -0.39 is 0 Å². The van der Waals surface area contributed by atoms with Crippen molar-refractivity contribution < 1.29 is 9.53 Å². The fourth-order valence-electron chi connectivity index (χ4n) is 3.78. The minimum absolute atomic E-state index is 0.0344. The van der Waals surface area contributed by atoms with Gasteiger partial charge < -0.3 is 15.4 Å². The van der Waals surface area contributed by atoms with Crippen LogP contribution < -0.4 is 15.4 Å². The molecule has 0 unspecified atom stereocenters. The lowest BCUT2D eigenvalue weighted by molar-refractivity contribution is 0.0934. The number of carbonyl (C=O) groups excluding carboxylic acids is 1. The number of fused-ring (bicyclic) bond motifs is 3. The number of thiophene rings is 1. The van der Waals surface area contributed by atoms with Gasteiger partial charge in [0.1, 0.15) is 16.9 Å². The molecule has 1 amide bonds. The molecule has 0 radical (unpaired) electrons. The van der Waals surface area contributed by atoms with E-state index in [2.05, 4.69) is 17.6 Å². The van der Waals surface area contributed by atoms with E-state index in [1.54, 1.807) is 18.4 Å². The topological polar surface area (TPSA) is 50.4 Å². The highest BCUT2D eigenvalue weighted by Gasteiger charge is 2.34. The Kier molecular flexibility index (Phi) is 3.96. The molecule has 0 bridgehead atoms. The number of rotatable bonds is 3. The van der Waals surface area contributed by atoms with Gasteiger partial charge in [-0.05, 0) is 36.8 Å². The number of ether oxygens (including phenoxy) is 1. The third-order valence-electron chi connectivity index (χ3n) is 5.17. The van der Waals surface area contributed by atoms with E-state index in [1.807, 2.05) is 24.3 Å². The van der Waals surface area contributed by atoms with Gasteiger partial charge in [0.05, 0.1) is 12.7 Å². The molecule has 0 spiro atoms. The second-order valence-electron chi connectivity index (χ2n) is 6.52. The predicted octanol–water partition coefficient (Wildman–Crippen LogP) is 4.13. The largest absolute Gasteiger partial charge is 0.496 e. The SMILES string of the molecule is CC[C@H]1CCc2c(sc3c2C(=O)N[C@@H](c2ccccc2OC)N3)C1. The molecule has 2 heterocycles. The van der Waals surface area contributed by atoms with E-state index in [4.69, 9.17) is 4.74 Å². The van der Waals surface area contributed by atoms with Gasteiger partial charge >= 0.3 is 0 Å². The minimum Gasteiger partial charge on any atom is -0.496 e. The molecule has 1 aromatic carbocycles. The van der Waals surface area contributed by atoms with Crippen molar-refractivity contribution in [1.29, 1.82) is 0 Å². The van der Waals surface area contributed by atoms with Crippen LogP contribution in [0.25, 0.3) is 0 Å². The highest BCUT2D eigenvalue weighted by Crippen LogP contribution is 2.43. The van der Waals surface area contributed by atoms with Crippen LogP contribution in [-0.2, 0) is 12.8 Å². The first-order valence-electron chi connectivity index (χ1n) is 8.56. The molecule has 4 rings (SSSR count). The van der Waals surface area contributed by atoms with E-state index in [0.29, 0.717) is 0 Å². The summed E-state index contributed by atoms with van der Waals surface area (Å²) in [5.41, 5.74) is 3.09. The van der Waals surface area contributed by atoms with Gasteiger partial charge in [0.2, 0.25) is 0 Å². The van der Waals surface area contributed by atoms with Crippen molar-refractivity contribution >= 4 is 22.2 Å². The Balaban J connectivity index is 1.69. The summed E-state index contributed by atoms with van der Waals surface area (Å²) in [5.74, 6) is 1.57. The summed E-state index contributed by atoms with van der Waals surface area (Å²) in [4.78, 5) is 14.2. The van der Waals surface area contributed by atoms with Crippen LogP contribution in [-0.4, -0.2) is 13.0 Å². The molecule has 1 aliphatic heterocycles. The Bertz CT molecular complexity index is 784. The zero-order chi connectivity index (χ0) is 16.7. The molecular formula is C19H22N2O2S. The Morgan fingerprint density at radius 3 is 2.92 bits per heavy atom. The molecule has 24 heavy (non-hydrogen) atoms. The maximum absolute atomic E-state index is 12.8. The minimum atomic E-state index is -0.247. The number of methoxy groups -OCH3 is 1.